The van der Waals surface area contributed by atoms with Crippen molar-refractivity contribution in [2.45, 2.75) is 51.5 Å². The van der Waals surface area contributed by atoms with E-state index in [1.807, 2.05) is 37.3 Å². The maximum absolute atomic E-state index is 6.65. The van der Waals surface area contributed by atoms with Crippen LogP contribution in [0.15, 0.2) is 53.4 Å². The molecule has 0 unspecified atom stereocenters. The summed E-state index contributed by atoms with van der Waals surface area (Å²) in [4.78, 5) is 5.93. The number of nitrogens with zero attached hydrogens (tertiary/aromatic N) is 1. The lowest BCUT2D eigenvalue weighted by Crippen LogP contribution is -2.12. The lowest BCUT2D eigenvalue weighted by Gasteiger charge is -2.23. The van der Waals surface area contributed by atoms with E-state index in [0.717, 1.165) is 49.3 Å². The Morgan fingerprint density at radius 1 is 1.03 bits per heavy atom. The fourth-order valence-electron chi connectivity index (χ4n) is 3.39. The largest absolute Gasteiger partial charge is 0.488 e. The van der Waals surface area contributed by atoms with E-state index in [9.17, 15) is 0 Å². The molecule has 0 aliphatic rings. The highest BCUT2D eigenvalue weighted by molar-refractivity contribution is 7.98. The number of aromatic nitrogens is 1. The lowest BCUT2D eigenvalue weighted by atomic mass is 9.85. The third-order valence-electron chi connectivity index (χ3n) is 4.95. The highest BCUT2D eigenvalue weighted by Crippen LogP contribution is 2.38. The van der Waals surface area contributed by atoms with Crippen molar-refractivity contribution in [2.24, 2.45) is 0 Å². The van der Waals surface area contributed by atoms with Gasteiger partial charge in [-0.05, 0) is 48.3 Å². The first-order valence-corrected chi connectivity index (χ1v) is 11.3. The average Bonchev–Trinajstić information content (AvgIpc) is 2.67. The Bertz CT molecular complexity index is 1010. The van der Waals surface area contributed by atoms with Gasteiger partial charge in [-0.25, -0.2) is 0 Å². The standard InChI is InChI=1S/C25H28ClNOS/c1-16-12-20(25(3,4)5)21(26)13-19(16)22-14-23(24(29-6)17(2)27-22)28-15-18-10-8-7-9-11-18/h7-14H,15H2,1-6H3. The minimum atomic E-state index is -0.00359. The Balaban J connectivity index is 2.02. The van der Waals surface area contributed by atoms with Gasteiger partial charge in [0, 0.05) is 16.7 Å². The van der Waals surface area contributed by atoms with E-state index in [1.165, 1.54) is 0 Å². The minimum Gasteiger partial charge on any atom is -0.488 e. The number of halogens is 1. The van der Waals surface area contributed by atoms with Crippen LogP contribution in [0.1, 0.15) is 43.2 Å². The maximum atomic E-state index is 6.65. The van der Waals surface area contributed by atoms with Crippen molar-refractivity contribution in [3.05, 3.63) is 75.9 Å². The number of hydrogen-bond donors (Lipinski definition) is 0. The SMILES string of the molecule is CSc1c(OCc2ccccc2)cc(-c2cc(Cl)c(C(C)(C)C)cc2C)nc1C. The molecule has 0 radical (unpaired) electrons. The van der Waals surface area contributed by atoms with E-state index in [-0.39, 0.29) is 5.41 Å². The first kappa shape index (κ1) is 21.7. The molecule has 1 heterocycles. The van der Waals surface area contributed by atoms with Crippen molar-refractivity contribution in [2.75, 3.05) is 6.26 Å². The number of rotatable bonds is 5. The highest BCUT2D eigenvalue weighted by atomic mass is 35.5. The molecule has 2 nitrogen and oxygen atoms in total. The van der Waals surface area contributed by atoms with Crippen LogP contribution < -0.4 is 4.74 Å². The lowest BCUT2D eigenvalue weighted by molar-refractivity contribution is 0.298. The third-order valence-corrected chi connectivity index (χ3v) is 6.17. The number of ether oxygens (including phenoxy) is 1. The molecule has 29 heavy (non-hydrogen) atoms. The molecule has 0 aliphatic carbocycles. The summed E-state index contributed by atoms with van der Waals surface area (Å²) >= 11 is 8.31. The van der Waals surface area contributed by atoms with Crippen LogP contribution in [0.4, 0.5) is 0 Å². The molecule has 0 bridgehead atoms. The van der Waals surface area contributed by atoms with Gasteiger partial charge in [-0.1, -0.05) is 68.8 Å². The summed E-state index contributed by atoms with van der Waals surface area (Å²) in [7, 11) is 0. The molecule has 2 aromatic carbocycles. The van der Waals surface area contributed by atoms with Gasteiger partial charge in [0.15, 0.2) is 0 Å². The predicted molar refractivity (Wildman–Crippen MR) is 125 cm³/mol. The van der Waals surface area contributed by atoms with Gasteiger partial charge in [-0.3, -0.25) is 4.98 Å². The van der Waals surface area contributed by atoms with Gasteiger partial charge in [-0.15, -0.1) is 11.8 Å². The van der Waals surface area contributed by atoms with Crippen LogP contribution in [0.25, 0.3) is 11.3 Å². The Kier molecular flexibility index (Phi) is 6.60. The second-order valence-electron chi connectivity index (χ2n) is 8.30. The molecular formula is C25H28ClNOS. The second-order valence-corrected chi connectivity index (χ2v) is 9.52. The van der Waals surface area contributed by atoms with Crippen LogP contribution in [0, 0.1) is 13.8 Å². The fourth-order valence-corrected chi connectivity index (χ4v) is 4.50. The molecule has 0 fully saturated rings. The van der Waals surface area contributed by atoms with Gasteiger partial charge in [0.25, 0.3) is 0 Å². The molecule has 0 atom stereocenters. The van der Waals surface area contributed by atoms with Crippen LogP contribution >= 0.6 is 23.4 Å². The number of aryl methyl sites for hydroxylation is 2. The number of pyridine rings is 1. The van der Waals surface area contributed by atoms with Gasteiger partial charge < -0.3 is 4.74 Å². The Morgan fingerprint density at radius 2 is 1.72 bits per heavy atom. The molecule has 0 N–H and O–H groups in total. The van der Waals surface area contributed by atoms with Crippen LogP contribution in [-0.4, -0.2) is 11.2 Å². The third kappa shape index (κ3) is 4.96. The minimum absolute atomic E-state index is 0.00359. The van der Waals surface area contributed by atoms with Crippen LogP contribution in [0.3, 0.4) is 0 Å². The van der Waals surface area contributed by atoms with E-state index in [1.54, 1.807) is 11.8 Å². The van der Waals surface area contributed by atoms with Gasteiger partial charge in [0.05, 0.1) is 16.3 Å². The summed E-state index contributed by atoms with van der Waals surface area (Å²) in [5, 5.41) is 0.776. The van der Waals surface area contributed by atoms with Gasteiger partial charge in [0.2, 0.25) is 0 Å². The molecular weight excluding hydrogens is 398 g/mol. The van der Waals surface area contributed by atoms with Crippen LogP contribution in [0.5, 0.6) is 5.75 Å². The zero-order valence-corrected chi connectivity index (χ0v) is 19.5. The zero-order valence-electron chi connectivity index (χ0n) is 18.0. The monoisotopic (exact) mass is 425 g/mol. The smallest absolute Gasteiger partial charge is 0.137 e. The Hall–Kier alpha value is -1.97. The summed E-state index contributed by atoms with van der Waals surface area (Å²) in [6.45, 7) is 11.2. The molecule has 0 saturated carbocycles. The molecule has 3 rings (SSSR count). The maximum Gasteiger partial charge on any atom is 0.137 e. The molecule has 0 aliphatic heterocycles. The Morgan fingerprint density at radius 3 is 2.34 bits per heavy atom. The van der Waals surface area contributed by atoms with Gasteiger partial charge in [-0.2, -0.15) is 0 Å². The highest BCUT2D eigenvalue weighted by Gasteiger charge is 2.20. The van der Waals surface area contributed by atoms with Crippen LogP contribution in [0.2, 0.25) is 5.02 Å². The first-order chi connectivity index (χ1) is 13.7. The first-order valence-electron chi connectivity index (χ1n) is 9.74. The van der Waals surface area contributed by atoms with Crippen molar-refractivity contribution in [3.63, 3.8) is 0 Å². The van der Waals surface area contributed by atoms with Crippen molar-refractivity contribution >= 4 is 23.4 Å². The number of hydrogen-bond acceptors (Lipinski definition) is 3. The molecule has 1 aromatic heterocycles. The van der Waals surface area contributed by atoms with Gasteiger partial charge in [0.1, 0.15) is 12.4 Å². The quantitative estimate of drug-likeness (QED) is 0.392. The fraction of sp³-hybridized carbons (Fsp3) is 0.320. The van der Waals surface area contributed by atoms with E-state index in [4.69, 9.17) is 21.3 Å². The van der Waals surface area contributed by atoms with Crippen molar-refractivity contribution < 1.29 is 4.74 Å². The summed E-state index contributed by atoms with van der Waals surface area (Å²) in [6.07, 6.45) is 2.05. The van der Waals surface area contributed by atoms with E-state index in [0.29, 0.717) is 6.61 Å². The zero-order chi connectivity index (χ0) is 21.2. The van der Waals surface area contributed by atoms with Crippen molar-refractivity contribution in [1.82, 2.24) is 4.98 Å². The second kappa shape index (κ2) is 8.81. The summed E-state index contributed by atoms with van der Waals surface area (Å²) in [5.74, 6) is 0.860. The predicted octanol–water partition coefficient (Wildman–Crippen LogP) is 7.62. The molecule has 4 heteroatoms. The Labute approximate surface area is 183 Å². The average molecular weight is 426 g/mol. The van der Waals surface area contributed by atoms with Crippen molar-refractivity contribution in [1.29, 1.82) is 0 Å². The molecule has 3 aromatic rings. The van der Waals surface area contributed by atoms with E-state index < -0.39 is 0 Å². The topological polar surface area (TPSA) is 22.1 Å². The van der Waals surface area contributed by atoms with E-state index >= 15 is 0 Å². The van der Waals surface area contributed by atoms with E-state index in [2.05, 4.69) is 52.1 Å². The molecule has 0 spiro atoms. The van der Waals surface area contributed by atoms with Gasteiger partial charge >= 0.3 is 0 Å². The number of benzene rings is 2. The summed E-state index contributed by atoms with van der Waals surface area (Å²) in [6, 6.07) is 16.5. The molecule has 0 amide bonds. The molecule has 0 saturated heterocycles. The summed E-state index contributed by atoms with van der Waals surface area (Å²) in [5.41, 5.74) is 6.36. The summed E-state index contributed by atoms with van der Waals surface area (Å²) < 4.78 is 6.21. The van der Waals surface area contributed by atoms with Crippen molar-refractivity contribution in [3.8, 4) is 17.0 Å². The number of thioether (sulfide) groups is 1. The molecule has 152 valence electrons. The normalized spacial score (nSPS) is 11.6. The van der Waals surface area contributed by atoms with Crippen LogP contribution in [-0.2, 0) is 12.0 Å².